The third-order valence-electron chi connectivity index (χ3n) is 5.56. The highest BCUT2D eigenvalue weighted by molar-refractivity contribution is 7.98. The molecular weight excluding hydrogens is 474 g/mol. The Bertz CT molecular complexity index is 1250. The molecule has 1 heterocycles. The Kier molecular flexibility index (Phi) is 8.83. The van der Waals surface area contributed by atoms with E-state index in [4.69, 9.17) is 20.7 Å². The molecule has 0 radical (unpaired) electrons. The number of benzene rings is 3. The number of nitrogens with two attached hydrogens (primary N) is 2. The first-order valence-corrected chi connectivity index (χ1v) is 12.7. The van der Waals surface area contributed by atoms with Gasteiger partial charge in [0.15, 0.2) is 0 Å². The van der Waals surface area contributed by atoms with Crippen LogP contribution in [0.5, 0.6) is 5.75 Å². The van der Waals surface area contributed by atoms with Crippen molar-refractivity contribution in [3.63, 3.8) is 0 Å². The fourth-order valence-corrected chi connectivity index (χ4v) is 4.20. The maximum absolute atomic E-state index is 10.2. The van der Waals surface area contributed by atoms with Crippen molar-refractivity contribution in [1.29, 1.82) is 0 Å². The molecule has 0 aliphatic rings. The number of nitrogens with zero attached hydrogens (tertiary/aromatic N) is 2. The summed E-state index contributed by atoms with van der Waals surface area (Å²) in [4.78, 5) is 5.63. The second-order valence-electron chi connectivity index (χ2n) is 8.49. The van der Waals surface area contributed by atoms with Gasteiger partial charge in [-0.1, -0.05) is 53.2 Å². The van der Waals surface area contributed by atoms with Crippen molar-refractivity contribution in [2.45, 2.75) is 30.1 Å². The van der Waals surface area contributed by atoms with Crippen LogP contribution in [0.1, 0.15) is 17.0 Å². The van der Waals surface area contributed by atoms with Crippen LogP contribution >= 0.6 is 11.8 Å². The van der Waals surface area contributed by atoms with Gasteiger partial charge in [0, 0.05) is 17.0 Å². The summed E-state index contributed by atoms with van der Waals surface area (Å²) < 4.78 is 11.0. The number of rotatable bonds is 12. The summed E-state index contributed by atoms with van der Waals surface area (Å²) in [6.07, 6.45) is 0.199. The summed E-state index contributed by atoms with van der Waals surface area (Å²) in [5, 5.41) is 17.5. The lowest BCUT2D eigenvalue weighted by atomic mass is 10.1. The molecule has 1 aromatic heterocycles. The minimum absolute atomic E-state index is 0.138. The fourth-order valence-electron chi connectivity index (χ4n) is 3.46. The molecule has 4 aromatic rings. The number of anilines is 2. The van der Waals surface area contributed by atoms with Crippen LogP contribution in [0.3, 0.4) is 0 Å². The first kappa shape index (κ1) is 25.6. The van der Waals surface area contributed by atoms with Crippen molar-refractivity contribution in [3.8, 4) is 17.1 Å². The summed E-state index contributed by atoms with van der Waals surface area (Å²) in [6.45, 7) is 3.35. The molecule has 188 valence electrons. The monoisotopic (exact) mass is 505 g/mol. The lowest BCUT2D eigenvalue weighted by Crippen LogP contribution is -2.32. The molecule has 1 unspecified atom stereocenters. The van der Waals surface area contributed by atoms with E-state index in [1.54, 1.807) is 30.0 Å². The molecule has 0 bridgehead atoms. The average molecular weight is 506 g/mol. The number of aliphatic hydroxyl groups is 1. The molecule has 6 N–H and O–H groups in total. The summed E-state index contributed by atoms with van der Waals surface area (Å²) >= 11 is 1.66. The van der Waals surface area contributed by atoms with Crippen LogP contribution in [0.4, 0.5) is 11.4 Å². The summed E-state index contributed by atoms with van der Waals surface area (Å²) in [7, 11) is 0. The van der Waals surface area contributed by atoms with Crippen molar-refractivity contribution in [2.24, 2.45) is 0 Å². The number of hydrogen-bond acceptors (Lipinski definition) is 9. The Morgan fingerprint density at radius 3 is 2.61 bits per heavy atom. The van der Waals surface area contributed by atoms with Crippen LogP contribution in [0.25, 0.3) is 11.4 Å². The van der Waals surface area contributed by atoms with Gasteiger partial charge in [-0.05, 0) is 49.7 Å². The van der Waals surface area contributed by atoms with Gasteiger partial charge in [-0.2, -0.15) is 4.98 Å². The lowest BCUT2D eigenvalue weighted by Gasteiger charge is -2.15. The summed E-state index contributed by atoms with van der Waals surface area (Å²) in [5.74, 6) is 2.31. The molecule has 36 heavy (non-hydrogen) atoms. The second-order valence-corrected chi connectivity index (χ2v) is 9.54. The first-order valence-electron chi connectivity index (χ1n) is 11.7. The minimum atomic E-state index is -0.652. The first-order chi connectivity index (χ1) is 17.5. The molecule has 0 aliphatic heterocycles. The summed E-state index contributed by atoms with van der Waals surface area (Å²) in [6, 6.07) is 21.7. The lowest BCUT2D eigenvalue weighted by molar-refractivity contribution is 0.107. The van der Waals surface area contributed by atoms with Crippen LogP contribution in [-0.4, -0.2) is 41.0 Å². The zero-order valence-electron chi connectivity index (χ0n) is 20.2. The number of aromatic nitrogens is 2. The standard InChI is InChI=1S/C27H31N5O3S/c1-18-5-9-20(10-6-18)27-31-25(35-32-27)17-36-22-11-7-19(8-12-22)13-14-30-15-21(33)16-34-24-4-2-3-23(28)26(24)29/h2-12,21,30,33H,13-17,28-29H2,1H3. The Morgan fingerprint density at radius 1 is 1.06 bits per heavy atom. The smallest absolute Gasteiger partial charge is 0.237 e. The van der Waals surface area contributed by atoms with E-state index in [-0.39, 0.29) is 6.61 Å². The zero-order chi connectivity index (χ0) is 25.3. The van der Waals surface area contributed by atoms with E-state index in [9.17, 15) is 5.11 Å². The predicted octanol–water partition coefficient (Wildman–Crippen LogP) is 4.07. The number of nitrogens with one attached hydrogen (secondary N) is 1. The normalized spacial score (nSPS) is 11.9. The van der Waals surface area contributed by atoms with Gasteiger partial charge in [0.2, 0.25) is 11.7 Å². The summed E-state index contributed by atoms with van der Waals surface area (Å²) in [5.41, 5.74) is 15.9. The largest absolute Gasteiger partial charge is 0.489 e. The number of nitrogen functional groups attached to an aromatic ring is 2. The second kappa shape index (κ2) is 12.4. The van der Waals surface area contributed by atoms with E-state index >= 15 is 0 Å². The highest BCUT2D eigenvalue weighted by atomic mass is 32.2. The van der Waals surface area contributed by atoms with Gasteiger partial charge >= 0.3 is 0 Å². The topological polar surface area (TPSA) is 132 Å². The number of para-hydroxylation sites is 1. The number of hydrogen-bond donors (Lipinski definition) is 4. The fraction of sp³-hybridized carbons (Fsp3) is 0.259. The van der Waals surface area contributed by atoms with Crippen molar-refractivity contribution in [1.82, 2.24) is 15.5 Å². The molecule has 4 rings (SSSR count). The van der Waals surface area contributed by atoms with Gasteiger partial charge in [0.25, 0.3) is 0 Å². The van der Waals surface area contributed by atoms with Crippen LogP contribution in [0, 0.1) is 6.92 Å². The third-order valence-corrected chi connectivity index (χ3v) is 6.56. The number of thioether (sulfide) groups is 1. The zero-order valence-corrected chi connectivity index (χ0v) is 21.0. The molecule has 9 heteroatoms. The molecule has 1 atom stereocenters. The Hall–Kier alpha value is -3.53. The van der Waals surface area contributed by atoms with Gasteiger partial charge in [-0.25, -0.2) is 0 Å². The van der Waals surface area contributed by atoms with E-state index in [0.717, 1.165) is 23.4 Å². The van der Waals surface area contributed by atoms with Gasteiger partial charge in [-0.3, -0.25) is 0 Å². The van der Waals surface area contributed by atoms with Gasteiger partial charge in [0.1, 0.15) is 18.5 Å². The van der Waals surface area contributed by atoms with Gasteiger partial charge in [-0.15, -0.1) is 11.8 Å². The maximum atomic E-state index is 10.2. The van der Waals surface area contributed by atoms with E-state index in [0.29, 0.717) is 41.1 Å². The molecule has 0 aliphatic carbocycles. The molecule has 0 fully saturated rings. The Labute approximate surface area is 215 Å². The quantitative estimate of drug-likeness (QED) is 0.128. The Balaban J connectivity index is 1.14. The molecule has 0 amide bonds. The van der Waals surface area contributed by atoms with E-state index in [2.05, 4.69) is 39.7 Å². The highest BCUT2D eigenvalue weighted by Gasteiger charge is 2.10. The van der Waals surface area contributed by atoms with Crippen molar-refractivity contribution < 1.29 is 14.4 Å². The van der Waals surface area contributed by atoms with Crippen molar-refractivity contribution >= 4 is 23.1 Å². The van der Waals surface area contributed by atoms with Gasteiger partial charge in [0.05, 0.1) is 17.1 Å². The molecule has 3 aromatic carbocycles. The van der Waals surface area contributed by atoms with E-state index in [1.165, 1.54) is 11.1 Å². The number of aliphatic hydroxyl groups excluding tert-OH is 1. The van der Waals surface area contributed by atoms with Crippen molar-refractivity contribution in [2.75, 3.05) is 31.2 Å². The average Bonchev–Trinajstić information content (AvgIpc) is 3.36. The number of aryl methyl sites for hydroxylation is 1. The van der Waals surface area contributed by atoms with Gasteiger partial charge < -0.3 is 31.2 Å². The van der Waals surface area contributed by atoms with Crippen LogP contribution in [-0.2, 0) is 12.2 Å². The van der Waals surface area contributed by atoms with E-state index < -0.39 is 6.10 Å². The van der Waals surface area contributed by atoms with Crippen LogP contribution in [0.15, 0.2) is 76.1 Å². The maximum Gasteiger partial charge on any atom is 0.237 e. The van der Waals surface area contributed by atoms with Crippen LogP contribution < -0.4 is 21.5 Å². The third kappa shape index (κ3) is 7.24. The molecule has 0 spiro atoms. The predicted molar refractivity (Wildman–Crippen MR) is 144 cm³/mol. The SMILES string of the molecule is Cc1ccc(-c2noc(CSc3ccc(CCNCC(O)COc4cccc(N)c4N)cc3)n2)cc1. The Morgan fingerprint density at radius 2 is 1.83 bits per heavy atom. The van der Waals surface area contributed by atoms with Crippen molar-refractivity contribution in [3.05, 3.63) is 83.7 Å². The molecule has 0 saturated heterocycles. The van der Waals surface area contributed by atoms with Crippen LogP contribution in [0.2, 0.25) is 0 Å². The molecule has 8 nitrogen and oxygen atoms in total. The van der Waals surface area contributed by atoms with E-state index in [1.807, 2.05) is 31.2 Å². The minimum Gasteiger partial charge on any atom is -0.489 e. The molecule has 0 saturated carbocycles. The molecular formula is C27H31N5O3S. The number of ether oxygens (including phenoxy) is 1. The highest BCUT2D eigenvalue weighted by Crippen LogP contribution is 2.27.